The lowest BCUT2D eigenvalue weighted by atomic mass is 9.53. The van der Waals surface area contributed by atoms with E-state index in [1.165, 1.54) is 6.07 Å². The van der Waals surface area contributed by atoms with Crippen LogP contribution < -0.4 is 0 Å². The standard InChI is InChI=1S/C14H19NO3/c1-3-14(4-2)12(9-13(14)16)10-6-5-7-11(8-10)15(17)18/h5-8,12-13,16H,3-4,9H2,1-2H3. The zero-order valence-electron chi connectivity index (χ0n) is 10.8. The number of nitro benzene ring substituents is 1. The predicted octanol–water partition coefficient (Wildman–Crippen LogP) is 3.25. The number of nitrogens with zero attached hydrogens (tertiary/aromatic N) is 1. The molecule has 98 valence electrons. The number of hydrogen-bond donors (Lipinski definition) is 1. The number of non-ortho nitro benzene ring substituents is 1. The minimum Gasteiger partial charge on any atom is -0.393 e. The third kappa shape index (κ3) is 1.81. The van der Waals surface area contributed by atoms with Crippen molar-refractivity contribution in [2.45, 2.75) is 45.1 Å². The van der Waals surface area contributed by atoms with Gasteiger partial charge in [-0.05, 0) is 30.7 Å². The molecule has 1 saturated carbocycles. The molecular weight excluding hydrogens is 230 g/mol. The molecule has 0 amide bonds. The van der Waals surface area contributed by atoms with Crippen molar-refractivity contribution in [1.82, 2.24) is 0 Å². The summed E-state index contributed by atoms with van der Waals surface area (Å²) in [6.45, 7) is 4.16. The third-order valence-electron chi connectivity index (χ3n) is 4.62. The van der Waals surface area contributed by atoms with Gasteiger partial charge in [0.25, 0.3) is 5.69 Å². The summed E-state index contributed by atoms with van der Waals surface area (Å²) < 4.78 is 0. The van der Waals surface area contributed by atoms with Crippen LogP contribution in [0.2, 0.25) is 0 Å². The van der Waals surface area contributed by atoms with Gasteiger partial charge in [-0.3, -0.25) is 10.1 Å². The van der Waals surface area contributed by atoms with Crippen LogP contribution in [0.25, 0.3) is 0 Å². The second-order valence-corrected chi connectivity index (χ2v) is 5.10. The lowest BCUT2D eigenvalue weighted by Gasteiger charge is -2.53. The van der Waals surface area contributed by atoms with Gasteiger partial charge in [0.15, 0.2) is 0 Å². The quantitative estimate of drug-likeness (QED) is 0.658. The molecule has 0 saturated heterocycles. The Kier molecular flexibility index (Phi) is 3.39. The average molecular weight is 249 g/mol. The molecule has 2 rings (SSSR count). The number of aliphatic hydroxyl groups excluding tert-OH is 1. The molecule has 0 aliphatic heterocycles. The number of aliphatic hydroxyl groups is 1. The van der Waals surface area contributed by atoms with Crippen molar-refractivity contribution >= 4 is 5.69 Å². The third-order valence-corrected chi connectivity index (χ3v) is 4.62. The number of nitro groups is 1. The van der Waals surface area contributed by atoms with Gasteiger partial charge >= 0.3 is 0 Å². The van der Waals surface area contributed by atoms with Crippen LogP contribution in [0.1, 0.15) is 44.6 Å². The van der Waals surface area contributed by atoms with Crippen molar-refractivity contribution in [3.8, 4) is 0 Å². The highest BCUT2D eigenvalue weighted by atomic mass is 16.6. The molecule has 4 nitrogen and oxygen atoms in total. The normalized spacial score (nSPS) is 25.5. The monoisotopic (exact) mass is 249 g/mol. The summed E-state index contributed by atoms with van der Waals surface area (Å²) in [5.41, 5.74) is 1.02. The van der Waals surface area contributed by atoms with Gasteiger partial charge in [0.05, 0.1) is 11.0 Å². The van der Waals surface area contributed by atoms with Crippen molar-refractivity contribution in [3.05, 3.63) is 39.9 Å². The van der Waals surface area contributed by atoms with Gasteiger partial charge in [-0.2, -0.15) is 0 Å². The second kappa shape index (κ2) is 4.69. The van der Waals surface area contributed by atoms with Crippen molar-refractivity contribution in [3.63, 3.8) is 0 Å². The Balaban J connectivity index is 2.32. The first-order valence-electron chi connectivity index (χ1n) is 6.47. The number of hydrogen-bond acceptors (Lipinski definition) is 3. The van der Waals surface area contributed by atoms with Crippen LogP contribution in [0, 0.1) is 15.5 Å². The Bertz CT molecular complexity index is 454. The zero-order chi connectivity index (χ0) is 13.3. The first kappa shape index (κ1) is 13.0. The summed E-state index contributed by atoms with van der Waals surface area (Å²) in [5.74, 6) is 0.238. The van der Waals surface area contributed by atoms with Crippen molar-refractivity contribution in [2.24, 2.45) is 5.41 Å². The lowest BCUT2D eigenvalue weighted by molar-refractivity contribution is -0.385. The second-order valence-electron chi connectivity index (χ2n) is 5.10. The highest BCUT2D eigenvalue weighted by Gasteiger charge is 2.52. The first-order valence-corrected chi connectivity index (χ1v) is 6.47. The number of benzene rings is 1. The molecule has 0 aromatic heterocycles. The molecule has 1 aliphatic rings. The van der Waals surface area contributed by atoms with E-state index in [4.69, 9.17) is 0 Å². The van der Waals surface area contributed by atoms with E-state index in [2.05, 4.69) is 13.8 Å². The van der Waals surface area contributed by atoms with Crippen LogP contribution >= 0.6 is 0 Å². The predicted molar refractivity (Wildman–Crippen MR) is 69.5 cm³/mol. The SMILES string of the molecule is CCC1(CC)C(O)CC1c1cccc([N+](=O)[O-])c1. The van der Waals surface area contributed by atoms with Gasteiger partial charge in [0.1, 0.15) is 0 Å². The summed E-state index contributed by atoms with van der Waals surface area (Å²) in [5, 5.41) is 20.8. The van der Waals surface area contributed by atoms with E-state index < -0.39 is 0 Å². The van der Waals surface area contributed by atoms with E-state index in [1.807, 2.05) is 6.07 Å². The van der Waals surface area contributed by atoms with Crippen LogP contribution in [0.3, 0.4) is 0 Å². The molecular formula is C14H19NO3. The summed E-state index contributed by atoms with van der Waals surface area (Å²) >= 11 is 0. The molecule has 18 heavy (non-hydrogen) atoms. The van der Waals surface area contributed by atoms with Crippen LogP contribution in [0.4, 0.5) is 5.69 Å². The highest BCUT2D eigenvalue weighted by Crippen LogP contribution is 2.57. The molecule has 2 atom stereocenters. The molecule has 0 bridgehead atoms. The Morgan fingerprint density at radius 2 is 2.11 bits per heavy atom. The van der Waals surface area contributed by atoms with E-state index in [9.17, 15) is 15.2 Å². The van der Waals surface area contributed by atoms with Crippen molar-refractivity contribution < 1.29 is 10.0 Å². The summed E-state index contributed by atoms with van der Waals surface area (Å²) in [6.07, 6.45) is 2.23. The average Bonchev–Trinajstić information content (AvgIpc) is 2.37. The molecule has 0 heterocycles. The summed E-state index contributed by atoms with van der Waals surface area (Å²) in [6, 6.07) is 6.83. The fraction of sp³-hybridized carbons (Fsp3) is 0.571. The Hall–Kier alpha value is -1.42. The van der Waals surface area contributed by atoms with Gasteiger partial charge in [-0.15, -0.1) is 0 Å². The molecule has 1 N–H and O–H groups in total. The zero-order valence-corrected chi connectivity index (χ0v) is 10.8. The van der Waals surface area contributed by atoms with E-state index in [0.717, 1.165) is 18.4 Å². The molecule has 1 fully saturated rings. The number of rotatable bonds is 4. The molecule has 2 unspecified atom stereocenters. The van der Waals surface area contributed by atoms with Gasteiger partial charge in [0, 0.05) is 17.5 Å². The van der Waals surface area contributed by atoms with Crippen molar-refractivity contribution in [1.29, 1.82) is 0 Å². The molecule has 1 aromatic carbocycles. The summed E-state index contributed by atoms with van der Waals surface area (Å²) in [7, 11) is 0. The van der Waals surface area contributed by atoms with E-state index in [0.29, 0.717) is 6.42 Å². The minimum atomic E-state index is -0.363. The maximum atomic E-state index is 10.8. The molecule has 4 heteroatoms. The van der Waals surface area contributed by atoms with Crippen LogP contribution in [-0.2, 0) is 0 Å². The largest absolute Gasteiger partial charge is 0.393 e. The van der Waals surface area contributed by atoms with E-state index >= 15 is 0 Å². The Morgan fingerprint density at radius 1 is 1.44 bits per heavy atom. The smallest absolute Gasteiger partial charge is 0.269 e. The fourth-order valence-corrected chi connectivity index (χ4v) is 3.30. The molecule has 1 aliphatic carbocycles. The summed E-state index contributed by atoms with van der Waals surface area (Å²) in [4.78, 5) is 10.4. The van der Waals surface area contributed by atoms with E-state index in [-0.39, 0.29) is 28.0 Å². The lowest BCUT2D eigenvalue weighted by Crippen LogP contribution is -2.50. The minimum absolute atomic E-state index is 0.102. The van der Waals surface area contributed by atoms with Gasteiger partial charge in [0.2, 0.25) is 0 Å². The Labute approximate surface area is 107 Å². The van der Waals surface area contributed by atoms with Crippen LogP contribution in [0.5, 0.6) is 0 Å². The fourth-order valence-electron chi connectivity index (χ4n) is 3.30. The molecule has 1 aromatic rings. The maximum absolute atomic E-state index is 10.8. The maximum Gasteiger partial charge on any atom is 0.269 e. The van der Waals surface area contributed by atoms with Gasteiger partial charge in [-0.25, -0.2) is 0 Å². The van der Waals surface area contributed by atoms with Gasteiger partial charge in [-0.1, -0.05) is 26.0 Å². The van der Waals surface area contributed by atoms with Crippen LogP contribution in [0.15, 0.2) is 24.3 Å². The first-order chi connectivity index (χ1) is 8.55. The molecule has 0 spiro atoms. The Morgan fingerprint density at radius 3 is 2.61 bits per heavy atom. The van der Waals surface area contributed by atoms with E-state index in [1.54, 1.807) is 12.1 Å². The molecule has 0 radical (unpaired) electrons. The van der Waals surface area contributed by atoms with Crippen molar-refractivity contribution in [2.75, 3.05) is 0 Å². The van der Waals surface area contributed by atoms with Gasteiger partial charge < -0.3 is 5.11 Å². The van der Waals surface area contributed by atoms with Crippen LogP contribution in [-0.4, -0.2) is 16.1 Å². The topological polar surface area (TPSA) is 63.4 Å². The highest BCUT2D eigenvalue weighted by molar-refractivity contribution is 5.38.